The SMILES string of the molecule is c1ccc(-c2ccc(N(c3ccccc3)c3ccc(-c4ccccc4-c4cccc(-c5ccc6c(c5)c5ccccc5n6-c5cccc(-c6ccccc6)c5)c4)cc3)cc2)cc1. The van der Waals surface area contributed by atoms with Gasteiger partial charge in [0, 0.05) is 33.5 Å². The first-order chi connectivity index (χ1) is 30.7. The Morgan fingerprint density at radius 2 is 0.677 bits per heavy atom. The minimum atomic E-state index is 1.10. The van der Waals surface area contributed by atoms with Crippen molar-refractivity contribution in [3.05, 3.63) is 255 Å². The summed E-state index contributed by atoms with van der Waals surface area (Å²) >= 11 is 0. The molecule has 292 valence electrons. The first-order valence-corrected chi connectivity index (χ1v) is 21.3. The fourth-order valence-electron chi connectivity index (χ4n) is 8.99. The van der Waals surface area contributed by atoms with Gasteiger partial charge < -0.3 is 9.47 Å². The molecule has 0 aliphatic rings. The van der Waals surface area contributed by atoms with Gasteiger partial charge in [0.05, 0.1) is 11.0 Å². The van der Waals surface area contributed by atoms with E-state index in [2.05, 4.69) is 264 Å². The van der Waals surface area contributed by atoms with Gasteiger partial charge in [-0.05, 0) is 128 Å². The summed E-state index contributed by atoms with van der Waals surface area (Å²) in [5.74, 6) is 0. The molecule has 2 nitrogen and oxygen atoms in total. The maximum Gasteiger partial charge on any atom is 0.0541 e. The zero-order valence-corrected chi connectivity index (χ0v) is 34.1. The van der Waals surface area contributed by atoms with Crippen molar-refractivity contribution in [3.63, 3.8) is 0 Å². The molecule has 0 atom stereocenters. The molecule has 0 fully saturated rings. The van der Waals surface area contributed by atoms with Crippen LogP contribution in [0.5, 0.6) is 0 Å². The van der Waals surface area contributed by atoms with Gasteiger partial charge in [0.15, 0.2) is 0 Å². The van der Waals surface area contributed by atoms with E-state index in [1.807, 2.05) is 0 Å². The highest BCUT2D eigenvalue weighted by atomic mass is 15.1. The molecular weight excluding hydrogens is 749 g/mol. The summed E-state index contributed by atoms with van der Waals surface area (Å²) in [4.78, 5) is 2.32. The highest BCUT2D eigenvalue weighted by Gasteiger charge is 2.17. The van der Waals surface area contributed by atoms with E-state index >= 15 is 0 Å². The minimum absolute atomic E-state index is 1.10. The quantitative estimate of drug-likeness (QED) is 0.141. The molecule has 0 amide bonds. The zero-order chi connectivity index (χ0) is 41.2. The van der Waals surface area contributed by atoms with E-state index in [0.29, 0.717) is 0 Å². The lowest BCUT2D eigenvalue weighted by Crippen LogP contribution is -2.09. The second kappa shape index (κ2) is 16.1. The summed E-state index contributed by atoms with van der Waals surface area (Å²) in [5, 5.41) is 2.49. The van der Waals surface area contributed by atoms with Crippen LogP contribution in [0.25, 0.3) is 83.1 Å². The van der Waals surface area contributed by atoms with Crippen LogP contribution in [0.2, 0.25) is 0 Å². The lowest BCUT2D eigenvalue weighted by atomic mass is 9.92. The lowest BCUT2D eigenvalue weighted by molar-refractivity contribution is 1.18. The Kier molecular flexibility index (Phi) is 9.57. The van der Waals surface area contributed by atoms with Crippen LogP contribution in [-0.4, -0.2) is 4.57 Å². The van der Waals surface area contributed by atoms with Crippen LogP contribution >= 0.6 is 0 Å². The topological polar surface area (TPSA) is 8.17 Å². The Balaban J connectivity index is 0.930. The van der Waals surface area contributed by atoms with Gasteiger partial charge in [-0.3, -0.25) is 0 Å². The van der Waals surface area contributed by atoms with E-state index in [0.717, 1.165) is 22.7 Å². The summed E-state index contributed by atoms with van der Waals surface area (Å²) in [6.45, 7) is 0. The van der Waals surface area contributed by atoms with E-state index in [9.17, 15) is 0 Å². The molecular formula is C60H42N2. The summed E-state index contributed by atoms with van der Waals surface area (Å²) in [7, 11) is 0. The Morgan fingerprint density at radius 3 is 1.37 bits per heavy atom. The molecule has 0 bridgehead atoms. The number of nitrogens with zero attached hydrogens (tertiary/aromatic N) is 2. The molecule has 0 spiro atoms. The normalized spacial score (nSPS) is 11.2. The van der Waals surface area contributed by atoms with E-state index in [4.69, 9.17) is 0 Å². The van der Waals surface area contributed by atoms with E-state index in [1.54, 1.807) is 0 Å². The largest absolute Gasteiger partial charge is 0.311 e. The van der Waals surface area contributed by atoms with Crippen molar-refractivity contribution >= 4 is 38.9 Å². The molecule has 0 saturated heterocycles. The molecule has 2 heteroatoms. The van der Waals surface area contributed by atoms with Gasteiger partial charge in [-0.1, -0.05) is 182 Å². The summed E-state index contributed by atoms with van der Waals surface area (Å²) in [5.41, 5.74) is 18.9. The van der Waals surface area contributed by atoms with Gasteiger partial charge in [0.1, 0.15) is 0 Å². The third-order valence-corrected chi connectivity index (χ3v) is 12.0. The van der Waals surface area contributed by atoms with Crippen LogP contribution in [0.1, 0.15) is 0 Å². The fraction of sp³-hybridized carbons (Fsp3) is 0. The van der Waals surface area contributed by atoms with Crippen molar-refractivity contribution in [2.24, 2.45) is 0 Å². The van der Waals surface area contributed by atoms with E-state index in [1.165, 1.54) is 77.4 Å². The standard InChI is InChI=1S/C60H42N2/c1-4-16-43(17-5-1)45-30-35-52(36-31-45)61(51-23-8-3-9-24-51)53-37-32-46(33-38-53)55-26-10-11-27-56(55)50-22-14-20-47(40-50)49-34-39-60-58(42-49)57-28-12-13-29-59(57)62(60)54-25-15-21-48(41-54)44-18-6-2-7-19-44/h1-42H. The highest BCUT2D eigenvalue weighted by molar-refractivity contribution is 6.10. The molecule has 11 rings (SSSR count). The number of hydrogen-bond acceptors (Lipinski definition) is 1. The van der Waals surface area contributed by atoms with Crippen molar-refractivity contribution in [2.75, 3.05) is 4.90 Å². The summed E-state index contributed by atoms with van der Waals surface area (Å²) < 4.78 is 2.40. The van der Waals surface area contributed by atoms with Crippen molar-refractivity contribution in [3.8, 4) is 61.3 Å². The van der Waals surface area contributed by atoms with Gasteiger partial charge in [0.2, 0.25) is 0 Å². The molecule has 10 aromatic carbocycles. The number of aromatic nitrogens is 1. The number of hydrogen-bond donors (Lipinski definition) is 0. The Labute approximate surface area is 362 Å². The number of fused-ring (bicyclic) bond motifs is 3. The predicted octanol–water partition coefficient (Wildman–Crippen LogP) is 16.6. The first kappa shape index (κ1) is 36.8. The number of anilines is 3. The van der Waals surface area contributed by atoms with Crippen LogP contribution in [0, 0.1) is 0 Å². The first-order valence-electron chi connectivity index (χ1n) is 21.3. The summed E-state index contributed by atoms with van der Waals surface area (Å²) in [6, 6.07) is 91.9. The zero-order valence-electron chi connectivity index (χ0n) is 34.1. The van der Waals surface area contributed by atoms with Crippen molar-refractivity contribution in [1.82, 2.24) is 4.57 Å². The highest BCUT2D eigenvalue weighted by Crippen LogP contribution is 2.40. The molecule has 1 aromatic heterocycles. The maximum atomic E-state index is 2.40. The van der Waals surface area contributed by atoms with Gasteiger partial charge in [-0.2, -0.15) is 0 Å². The molecule has 11 aromatic rings. The van der Waals surface area contributed by atoms with Gasteiger partial charge in [-0.15, -0.1) is 0 Å². The molecule has 0 radical (unpaired) electrons. The van der Waals surface area contributed by atoms with Gasteiger partial charge in [-0.25, -0.2) is 0 Å². The van der Waals surface area contributed by atoms with Crippen LogP contribution in [0.3, 0.4) is 0 Å². The van der Waals surface area contributed by atoms with Crippen molar-refractivity contribution in [2.45, 2.75) is 0 Å². The van der Waals surface area contributed by atoms with Crippen molar-refractivity contribution < 1.29 is 0 Å². The van der Waals surface area contributed by atoms with E-state index < -0.39 is 0 Å². The van der Waals surface area contributed by atoms with Crippen LogP contribution in [0.15, 0.2) is 255 Å². The Morgan fingerprint density at radius 1 is 0.242 bits per heavy atom. The van der Waals surface area contributed by atoms with E-state index in [-0.39, 0.29) is 0 Å². The van der Waals surface area contributed by atoms with Crippen LogP contribution < -0.4 is 4.90 Å². The predicted molar refractivity (Wildman–Crippen MR) is 263 cm³/mol. The molecule has 0 saturated carbocycles. The number of para-hydroxylation sites is 2. The molecule has 0 unspecified atom stereocenters. The smallest absolute Gasteiger partial charge is 0.0541 e. The number of rotatable bonds is 9. The average molecular weight is 791 g/mol. The fourth-order valence-corrected chi connectivity index (χ4v) is 8.99. The third kappa shape index (κ3) is 6.94. The second-order valence-electron chi connectivity index (χ2n) is 15.8. The average Bonchev–Trinajstić information content (AvgIpc) is 3.69. The van der Waals surface area contributed by atoms with Gasteiger partial charge in [0.25, 0.3) is 0 Å². The van der Waals surface area contributed by atoms with Crippen molar-refractivity contribution in [1.29, 1.82) is 0 Å². The monoisotopic (exact) mass is 790 g/mol. The maximum absolute atomic E-state index is 2.40. The summed E-state index contributed by atoms with van der Waals surface area (Å²) in [6.07, 6.45) is 0. The molecule has 0 aliphatic carbocycles. The minimum Gasteiger partial charge on any atom is -0.311 e. The van der Waals surface area contributed by atoms with Gasteiger partial charge >= 0.3 is 0 Å². The Hall–Kier alpha value is -8.20. The number of benzene rings is 10. The third-order valence-electron chi connectivity index (χ3n) is 12.0. The van der Waals surface area contributed by atoms with Crippen LogP contribution in [-0.2, 0) is 0 Å². The second-order valence-corrected chi connectivity index (χ2v) is 15.8. The lowest BCUT2D eigenvalue weighted by Gasteiger charge is -2.26. The Bertz CT molecular complexity index is 3310. The molecule has 62 heavy (non-hydrogen) atoms. The molecule has 0 N–H and O–H groups in total. The molecule has 0 aliphatic heterocycles. The van der Waals surface area contributed by atoms with Crippen LogP contribution in [0.4, 0.5) is 17.1 Å². The molecule has 1 heterocycles.